The fraction of sp³-hybridized carbons (Fsp3) is 0.429. The van der Waals surface area contributed by atoms with Gasteiger partial charge in [-0.25, -0.2) is 9.78 Å². The Morgan fingerprint density at radius 1 is 1.71 bits per heavy atom. The molecular weight excluding hydrogens is 210 g/mol. The maximum Gasteiger partial charge on any atom is 0.507 e. The third-order valence-electron chi connectivity index (χ3n) is 1.94. The van der Waals surface area contributed by atoms with Crippen molar-refractivity contribution in [3.05, 3.63) is 17.7 Å². The Hall–Kier alpha value is -1.27. The van der Waals surface area contributed by atoms with Gasteiger partial charge >= 0.3 is 6.16 Å². The molecule has 2 heterocycles. The first-order chi connectivity index (χ1) is 6.25. The minimum atomic E-state index is -1.27. The van der Waals surface area contributed by atoms with Crippen LogP contribution in [0, 0.1) is 0 Å². The van der Waals surface area contributed by atoms with Crippen LogP contribution >= 0.6 is 12.4 Å². The molecule has 1 aromatic rings. The highest BCUT2D eigenvalue weighted by atomic mass is 35.5. The highest BCUT2D eigenvalue weighted by Gasteiger charge is 2.22. The first-order valence-corrected chi connectivity index (χ1v) is 3.90. The van der Waals surface area contributed by atoms with E-state index in [-0.39, 0.29) is 12.4 Å². The van der Waals surface area contributed by atoms with E-state index in [1.807, 2.05) is 0 Å². The molecule has 14 heavy (non-hydrogen) atoms. The number of hydrogen-bond donors (Lipinski definition) is 3. The number of nitrogens with zero attached hydrogens (tertiary/aromatic N) is 1. The number of aromatic nitrogens is 2. The third kappa shape index (κ3) is 2.15. The minimum Gasteiger partial charge on any atom is -0.450 e. The van der Waals surface area contributed by atoms with Gasteiger partial charge in [0, 0.05) is 13.0 Å². The van der Waals surface area contributed by atoms with Crippen molar-refractivity contribution in [2.45, 2.75) is 19.2 Å². The fourth-order valence-electron chi connectivity index (χ4n) is 1.35. The molecule has 1 aliphatic heterocycles. The molecule has 78 valence electrons. The molecule has 7 heteroatoms. The van der Waals surface area contributed by atoms with Gasteiger partial charge in [0.15, 0.2) is 6.23 Å². The second-order valence-corrected chi connectivity index (χ2v) is 2.79. The average molecular weight is 220 g/mol. The Morgan fingerprint density at radius 3 is 3.21 bits per heavy atom. The SMILES string of the molecule is Cl.O=C(O)OC1Cc2nc[nH]c2CN1. The van der Waals surface area contributed by atoms with Gasteiger partial charge in [-0.2, -0.15) is 0 Å². The highest BCUT2D eigenvalue weighted by molar-refractivity contribution is 5.85. The Labute approximate surface area is 86.1 Å². The van der Waals surface area contributed by atoms with Crippen molar-refractivity contribution in [3.63, 3.8) is 0 Å². The van der Waals surface area contributed by atoms with Gasteiger partial charge < -0.3 is 14.8 Å². The van der Waals surface area contributed by atoms with E-state index in [0.29, 0.717) is 13.0 Å². The second-order valence-electron chi connectivity index (χ2n) is 2.79. The van der Waals surface area contributed by atoms with Crippen molar-refractivity contribution in [3.8, 4) is 0 Å². The van der Waals surface area contributed by atoms with Crippen LogP contribution in [0.15, 0.2) is 6.33 Å². The highest BCUT2D eigenvalue weighted by Crippen LogP contribution is 2.12. The van der Waals surface area contributed by atoms with Gasteiger partial charge in [-0.1, -0.05) is 0 Å². The lowest BCUT2D eigenvalue weighted by Crippen LogP contribution is -2.38. The average Bonchev–Trinajstić information content (AvgIpc) is 2.49. The van der Waals surface area contributed by atoms with E-state index < -0.39 is 12.4 Å². The molecule has 0 fully saturated rings. The summed E-state index contributed by atoms with van der Waals surface area (Å²) in [5.74, 6) is 0. The summed E-state index contributed by atoms with van der Waals surface area (Å²) in [4.78, 5) is 17.2. The van der Waals surface area contributed by atoms with Gasteiger partial charge in [-0.15, -0.1) is 12.4 Å². The first-order valence-electron chi connectivity index (χ1n) is 3.90. The molecule has 0 amide bonds. The summed E-state index contributed by atoms with van der Waals surface area (Å²) in [7, 11) is 0. The molecule has 0 saturated carbocycles. The number of carboxylic acid groups (broad SMARTS) is 1. The predicted molar refractivity (Wildman–Crippen MR) is 49.3 cm³/mol. The molecule has 0 aromatic carbocycles. The number of hydrogen-bond acceptors (Lipinski definition) is 4. The molecule has 0 spiro atoms. The van der Waals surface area contributed by atoms with Gasteiger partial charge in [-0.3, -0.25) is 5.32 Å². The largest absolute Gasteiger partial charge is 0.507 e. The number of aromatic amines is 1. The maximum absolute atomic E-state index is 10.2. The van der Waals surface area contributed by atoms with Crippen LogP contribution in [0.5, 0.6) is 0 Å². The van der Waals surface area contributed by atoms with Crippen LogP contribution in [0.3, 0.4) is 0 Å². The predicted octanol–water partition coefficient (Wildman–Crippen LogP) is 0.498. The van der Waals surface area contributed by atoms with Gasteiger partial charge in [-0.05, 0) is 0 Å². The van der Waals surface area contributed by atoms with Gasteiger partial charge in [0.25, 0.3) is 0 Å². The summed E-state index contributed by atoms with van der Waals surface area (Å²) >= 11 is 0. The lowest BCUT2D eigenvalue weighted by molar-refractivity contribution is 0.0325. The molecule has 1 aliphatic rings. The van der Waals surface area contributed by atoms with E-state index in [9.17, 15) is 4.79 Å². The lowest BCUT2D eigenvalue weighted by atomic mass is 10.1. The lowest BCUT2D eigenvalue weighted by Gasteiger charge is -2.21. The molecule has 0 bridgehead atoms. The number of H-pyrrole nitrogens is 1. The molecule has 2 rings (SSSR count). The van der Waals surface area contributed by atoms with Crippen molar-refractivity contribution < 1.29 is 14.6 Å². The van der Waals surface area contributed by atoms with Crippen molar-refractivity contribution in [1.29, 1.82) is 0 Å². The standard InChI is InChI=1S/C7H9N3O3.ClH/c11-7(12)13-6-1-4-5(2-8-6)10-3-9-4;/h3,6,8H,1-2H2,(H,9,10)(H,11,12);1H. The van der Waals surface area contributed by atoms with Crippen LogP contribution < -0.4 is 5.32 Å². The first kappa shape index (κ1) is 10.8. The molecule has 1 aromatic heterocycles. The van der Waals surface area contributed by atoms with E-state index >= 15 is 0 Å². The number of halogens is 1. The summed E-state index contributed by atoms with van der Waals surface area (Å²) in [6.07, 6.45) is 0.324. The van der Waals surface area contributed by atoms with Crippen molar-refractivity contribution in [1.82, 2.24) is 15.3 Å². The fourth-order valence-corrected chi connectivity index (χ4v) is 1.35. The second kappa shape index (κ2) is 4.30. The molecule has 1 atom stereocenters. The Kier molecular flexibility index (Phi) is 3.32. The van der Waals surface area contributed by atoms with Crippen LogP contribution in [0.2, 0.25) is 0 Å². The molecule has 6 nitrogen and oxygen atoms in total. The van der Waals surface area contributed by atoms with Crippen molar-refractivity contribution in [2.24, 2.45) is 0 Å². The zero-order chi connectivity index (χ0) is 9.26. The Bertz CT molecular complexity index is 328. The Balaban J connectivity index is 0.000000980. The molecule has 3 N–H and O–H groups in total. The monoisotopic (exact) mass is 219 g/mol. The quantitative estimate of drug-likeness (QED) is 0.599. The number of rotatable bonds is 1. The van der Waals surface area contributed by atoms with E-state index in [2.05, 4.69) is 20.0 Å². The maximum atomic E-state index is 10.2. The summed E-state index contributed by atoms with van der Waals surface area (Å²) in [5, 5.41) is 11.3. The molecule has 1 unspecified atom stereocenters. The zero-order valence-corrected chi connectivity index (χ0v) is 8.00. The normalized spacial score (nSPS) is 19.3. The van der Waals surface area contributed by atoms with E-state index in [0.717, 1.165) is 11.4 Å². The van der Waals surface area contributed by atoms with Crippen LogP contribution in [-0.2, 0) is 17.7 Å². The molecule has 0 aliphatic carbocycles. The topological polar surface area (TPSA) is 87.2 Å². The zero-order valence-electron chi connectivity index (χ0n) is 7.19. The molecule has 0 saturated heterocycles. The van der Waals surface area contributed by atoms with E-state index in [1.165, 1.54) is 0 Å². The summed E-state index contributed by atoms with van der Waals surface area (Å²) in [6.45, 7) is 0.563. The van der Waals surface area contributed by atoms with Gasteiger partial charge in [0.1, 0.15) is 0 Å². The number of nitrogens with one attached hydrogen (secondary N) is 2. The van der Waals surface area contributed by atoms with E-state index in [1.54, 1.807) is 6.33 Å². The molecular formula is C7H10ClN3O3. The third-order valence-corrected chi connectivity index (χ3v) is 1.94. The van der Waals surface area contributed by atoms with Gasteiger partial charge in [0.05, 0.1) is 17.7 Å². The van der Waals surface area contributed by atoms with Crippen LogP contribution in [0.4, 0.5) is 4.79 Å². The number of ether oxygens (including phenoxy) is 1. The van der Waals surface area contributed by atoms with Crippen LogP contribution in [-0.4, -0.2) is 27.5 Å². The Morgan fingerprint density at radius 2 is 2.50 bits per heavy atom. The number of fused-ring (bicyclic) bond motifs is 1. The van der Waals surface area contributed by atoms with E-state index in [4.69, 9.17) is 5.11 Å². The summed E-state index contributed by atoms with van der Waals surface area (Å²) in [6, 6.07) is 0. The summed E-state index contributed by atoms with van der Waals surface area (Å²) < 4.78 is 4.57. The van der Waals surface area contributed by atoms with Crippen LogP contribution in [0.25, 0.3) is 0 Å². The van der Waals surface area contributed by atoms with Crippen molar-refractivity contribution >= 4 is 18.6 Å². The number of imidazole rings is 1. The minimum absolute atomic E-state index is 0. The molecule has 0 radical (unpaired) electrons. The summed E-state index contributed by atoms with van der Waals surface area (Å²) in [5.41, 5.74) is 1.86. The van der Waals surface area contributed by atoms with Crippen molar-refractivity contribution in [2.75, 3.05) is 0 Å². The smallest absolute Gasteiger partial charge is 0.450 e. The van der Waals surface area contributed by atoms with Gasteiger partial charge in [0.2, 0.25) is 0 Å². The number of carbonyl (C=O) groups is 1. The van der Waals surface area contributed by atoms with Crippen LogP contribution in [0.1, 0.15) is 11.4 Å².